The molecule has 1 N–H and O–H groups in total. The summed E-state index contributed by atoms with van der Waals surface area (Å²) in [6, 6.07) is 18.1. The molecular weight excluding hydrogens is 356 g/mol. The van der Waals surface area contributed by atoms with Crippen LogP contribution in [0.2, 0.25) is 0 Å². The average Bonchev–Trinajstić information content (AvgIpc) is 3.31. The maximum absolute atomic E-state index is 4.96. The number of benzene rings is 2. The molecule has 1 aliphatic carbocycles. The van der Waals surface area contributed by atoms with Crippen LogP contribution < -0.4 is 5.32 Å². The molecule has 2 aromatic heterocycles. The van der Waals surface area contributed by atoms with Gasteiger partial charge in [0.25, 0.3) is 0 Å². The van der Waals surface area contributed by atoms with Crippen molar-refractivity contribution in [3.63, 3.8) is 0 Å². The summed E-state index contributed by atoms with van der Waals surface area (Å²) in [5.41, 5.74) is 6.11. The summed E-state index contributed by atoms with van der Waals surface area (Å²) < 4.78 is 4.63. The fourth-order valence-electron chi connectivity index (χ4n) is 4.70. The van der Waals surface area contributed by atoms with Crippen LogP contribution in [-0.4, -0.2) is 26.5 Å². The van der Waals surface area contributed by atoms with E-state index in [2.05, 4.69) is 75.9 Å². The normalized spacial score (nSPS) is 15.5. The monoisotopic (exact) mass is 386 g/mol. The van der Waals surface area contributed by atoms with E-state index in [1.165, 1.54) is 54.4 Å². The Labute approximate surface area is 172 Å². The average molecular weight is 387 g/mol. The van der Waals surface area contributed by atoms with Crippen LogP contribution in [0.4, 0.5) is 0 Å². The first-order valence-electron chi connectivity index (χ1n) is 11.1. The Kier molecular flexibility index (Phi) is 5.11. The predicted octanol–water partition coefficient (Wildman–Crippen LogP) is 5.44. The molecule has 4 aromatic rings. The van der Waals surface area contributed by atoms with Crippen molar-refractivity contribution >= 4 is 16.8 Å². The van der Waals surface area contributed by atoms with Gasteiger partial charge in [-0.3, -0.25) is 4.40 Å². The molecule has 0 amide bonds. The van der Waals surface area contributed by atoms with Gasteiger partial charge in [-0.2, -0.15) is 0 Å². The molecule has 2 aromatic carbocycles. The van der Waals surface area contributed by atoms with Crippen LogP contribution in [0.15, 0.2) is 54.7 Å². The standard InChI is InChI=1S/C25H30N4/c1-2-19-12-14-20(15-13-19)24-18-29-23-11-7-6-10-22(23)27-25(29)28(24)17-16-26-21-8-4-3-5-9-21/h6-7,10-15,18,21,26H,2-5,8-9,16-17H2,1H3. The lowest BCUT2D eigenvalue weighted by Crippen LogP contribution is -2.33. The molecule has 1 aliphatic rings. The smallest absolute Gasteiger partial charge is 0.215 e. The van der Waals surface area contributed by atoms with Crippen molar-refractivity contribution in [1.82, 2.24) is 19.3 Å². The van der Waals surface area contributed by atoms with E-state index >= 15 is 0 Å². The number of hydrogen-bond donors (Lipinski definition) is 1. The number of fused-ring (bicyclic) bond motifs is 3. The Balaban J connectivity index is 1.50. The highest BCUT2D eigenvalue weighted by atomic mass is 15.2. The second kappa shape index (κ2) is 8.03. The molecule has 1 fully saturated rings. The minimum absolute atomic E-state index is 0.682. The van der Waals surface area contributed by atoms with Crippen molar-refractivity contribution in [1.29, 1.82) is 0 Å². The lowest BCUT2D eigenvalue weighted by molar-refractivity contribution is 0.369. The van der Waals surface area contributed by atoms with Gasteiger partial charge in [-0.25, -0.2) is 4.98 Å². The third-order valence-electron chi connectivity index (χ3n) is 6.39. The number of imidazole rings is 2. The van der Waals surface area contributed by atoms with Crippen LogP contribution in [0.25, 0.3) is 28.1 Å². The predicted molar refractivity (Wildman–Crippen MR) is 120 cm³/mol. The van der Waals surface area contributed by atoms with E-state index in [9.17, 15) is 0 Å². The SMILES string of the molecule is CCc1ccc(-c2cn3c4ccccc4nc3n2CCNC2CCCCC2)cc1. The summed E-state index contributed by atoms with van der Waals surface area (Å²) in [7, 11) is 0. The van der Waals surface area contributed by atoms with Crippen molar-refractivity contribution in [2.75, 3.05) is 6.54 Å². The van der Waals surface area contributed by atoms with Crippen LogP contribution >= 0.6 is 0 Å². The van der Waals surface area contributed by atoms with Gasteiger partial charge in [-0.1, -0.05) is 62.6 Å². The molecule has 150 valence electrons. The highest BCUT2D eigenvalue weighted by Gasteiger charge is 2.17. The van der Waals surface area contributed by atoms with E-state index in [0.29, 0.717) is 6.04 Å². The van der Waals surface area contributed by atoms with Crippen LogP contribution in [0.1, 0.15) is 44.6 Å². The first-order chi connectivity index (χ1) is 14.3. The van der Waals surface area contributed by atoms with E-state index in [1.54, 1.807) is 0 Å². The van der Waals surface area contributed by atoms with E-state index in [4.69, 9.17) is 4.98 Å². The molecule has 29 heavy (non-hydrogen) atoms. The third-order valence-corrected chi connectivity index (χ3v) is 6.39. The molecule has 4 nitrogen and oxygen atoms in total. The maximum atomic E-state index is 4.96. The molecule has 4 heteroatoms. The van der Waals surface area contributed by atoms with Crippen LogP contribution in [0, 0.1) is 0 Å². The molecule has 0 bridgehead atoms. The zero-order valence-electron chi connectivity index (χ0n) is 17.3. The summed E-state index contributed by atoms with van der Waals surface area (Å²) in [6.45, 7) is 4.12. The molecule has 0 atom stereocenters. The molecule has 0 aliphatic heterocycles. The number of nitrogens with one attached hydrogen (secondary N) is 1. The van der Waals surface area contributed by atoms with E-state index < -0.39 is 0 Å². The van der Waals surface area contributed by atoms with Crippen LogP contribution in [0.3, 0.4) is 0 Å². The highest BCUT2D eigenvalue weighted by molar-refractivity contribution is 5.81. The third kappa shape index (κ3) is 3.58. The Morgan fingerprint density at radius 2 is 1.79 bits per heavy atom. The van der Waals surface area contributed by atoms with E-state index in [-0.39, 0.29) is 0 Å². The largest absolute Gasteiger partial charge is 0.312 e. The van der Waals surface area contributed by atoms with Crippen molar-refractivity contribution in [2.45, 2.75) is 58.0 Å². The zero-order chi connectivity index (χ0) is 19.6. The van der Waals surface area contributed by atoms with Crippen LogP contribution in [0.5, 0.6) is 0 Å². The van der Waals surface area contributed by atoms with Crippen LogP contribution in [-0.2, 0) is 13.0 Å². The topological polar surface area (TPSA) is 34.3 Å². The Morgan fingerprint density at radius 3 is 2.59 bits per heavy atom. The Morgan fingerprint density at radius 1 is 1.00 bits per heavy atom. The number of rotatable bonds is 6. The number of aryl methyl sites for hydroxylation is 1. The molecule has 0 saturated heterocycles. The van der Waals surface area contributed by atoms with Gasteiger partial charge in [0.15, 0.2) is 0 Å². The Bertz CT molecular complexity index is 1100. The molecule has 2 heterocycles. The fraction of sp³-hybridized carbons (Fsp3) is 0.400. The van der Waals surface area contributed by atoms with E-state index in [0.717, 1.165) is 30.8 Å². The molecule has 5 rings (SSSR count). The van der Waals surface area contributed by atoms with Gasteiger partial charge >= 0.3 is 0 Å². The van der Waals surface area contributed by atoms with Gasteiger partial charge in [0.05, 0.1) is 16.7 Å². The summed E-state index contributed by atoms with van der Waals surface area (Å²) in [5, 5.41) is 3.80. The first-order valence-corrected chi connectivity index (χ1v) is 11.1. The van der Waals surface area contributed by atoms with Crippen molar-refractivity contribution in [3.8, 4) is 11.3 Å². The van der Waals surface area contributed by atoms with Gasteiger partial charge in [0.1, 0.15) is 0 Å². The summed E-state index contributed by atoms with van der Waals surface area (Å²) in [4.78, 5) is 4.96. The fourth-order valence-corrected chi connectivity index (χ4v) is 4.70. The highest BCUT2D eigenvalue weighted by Crippen LogP contribution is 2.27. The zero-order valence-corrected chi connectivity index (χ0v) is 17.3. The minimum Gasteiger partial charge on any atom is -0.312 e. The van der Waals surface area contributed by atoms with Crippen molar-refractivity contribution in [2.24, 2.45) is 0 Å². The lowest BCUT2D eigenvalue weighted by Gasteiger charge is -2.23. The van der Waals surface area contributed by atoms with Gasteiger partial charge in [0, 0.05) is 25.3 Å². The van der Waals surface area contributed by atoms with Gasteiger partial charge in [0.2, 0.25) is 5.78 Å². The summed E-state index contributed by atoms with van der Waals surface area (Å²) in [6.07, 6.45) is 10.1. The Hall–Kier alpha value is -2.59. The van der Waals surface area contributed by atoms with Crippen molar-refractivity contribution in [3.05, 3.63) is 60.3 Å². The summed E-state index contributed by atoms with van der Waals surface area (Å²) >= 11 is 0. The molecule has 0 unspecified atom stereocenters. The quantitative estimate of drug-likeness (QED) is 0.479. The molecule has 0 spiro atoms. The van der Waals surface area contributed by atoms with Gasteiger partial charge in [-0.15, -0.1) is 0 Å². The maximum Gasteiger partial charge on any atom is 0.215 e. The number of para-hydroxylation sites is 2. The molecular formula is C25H30N4. The number of nitrogens with zero attached hydrogens (tertiary/aromatic N) is 3. The molecule has 1 saturated carbocycles. The minimum atomic E-state index is 0.682. The van der Waals surface area contributed by atoms with E-state index in [1.807, 2.05) is 0 Å². The van der Waals surface area contributed by atoms with Gasteiger partial charge in [-0.05, 0) is 42.5 Å². The summed E-state index contributed by atoms with van der Waals surface area (Å²) in [5.74, 6) is 1.03. The second-order valence-electron chi connectivity index (χ2n) is 8.28. The number of aromatic nitrogens is 3. The second-order valence-corrected chi connectivity index (χ2v) is 8.28. The first kappa shape index (κ1) is 18.4. The molecule has 0 radical (unpaired) electrons. The van der Waals surface area contributed by atoms with Gasteiger partial charge < -0.3 is 9.88 Å². The number of hydrogen-bond acceptors (Lipinski definition) is 2. The van der Waals surface area contributed by atoms with Crippen molar-refractivity contribution < 1.29 is 0 Å². The lowest BCUT2D eigenvalue weighted by atomic mass is 9.95.